The predicted octanol–water partition coefficient (Wildman–Crippen LogP) is 3.22. The quantitative estimate of drug-likeness (QED) is 0.359. The molecule has 0 unspecified atom stereocenters. The molecule has 3 atom stereocenters. The van der Waals surface area contributed by atoms with Crippen molar-refractivity contribution < 1.29 is 41.8 Å². The summed E-state index contributed by atoms with van der Waals surface area (Å²) < 4.78 is 49.6. The van der Waals surface area contributed by atoms with Gasteiger partial charge in [-0.1, -0.05) is 43.6 Å². The molecule has 212 valence electrons. The molecule has 0 aliphatic carbocycles. The van der Waals surface area contributed by atoms with E-state index in [1.54, 1.807) is 12.1 Å². The Kier molecular flexibility index (Phi) is 11.3. The molecule has 2 aromatic rings. The van der Waals surface area contributed by atoms with E-state index < -0.39 is 53.7 Å². The summed E-state index contributed by atoms with van der Waals surface area (Å²) in [5.41, 5.74) is 0.340. The third-order valence-corrected chi connectivity index (χ3v) is 5.80. The van der Waals surface area contributed by atoms with Gasteiger partial charge in [-0.2, -0.15) is 13.2 Å². The number of methoxy groups -OCH3 is 2. The van der Waals surface area contributed by atoms with E-state index in [9.17, 15) is 32.3 Å². The molecule has 3 N–H and O–H groups in total. The lowest BCUT2D eigenvalue weighted by Gasteiger charge is -2.27. The maximum atomic E-state index is 13.2. The number of carbonyl (C=O) groups excluding carboxylic acids is 4. The summed E-state index contributed by atoms with van der Waals surface area (Å²) in [4.78, 5) is 51.1. The molecule has 0 spiro atoms. The highest BCUT2D eigenvalue weighted by molar-refractivity contribution is 6.31. The summed E-state index contributed by atoms with van der Waals surface area (Å²) >= 11 is 5.92. The number of alkyl halides is 3. The molecule has 0 aliphatic heterocycles. The van der Waals surface area contributed by atoms with E-state index in [0.717, 1.165) is 0 Å². The van der Waals surface area contributed by atoms with Crippen LogP contribution in [0.5, 0.6) is 5.75 Å². The van der Waals surface area contributed by atoms with E-state index >= 15 is 0 Å². The number of ketones is 1. The largest absolute Gasteiger partial charge is 0.497 e. The molecular formula is C26H29ClF3N3O6. The number of hydrogen-bond donors (Lipinski definition) is 3. The van der Waals surface area contributed by atoms with Crippen LogP contribution in [0.25, 0.3) is 0 Å². The van der Waals surface area contributed by atoms with Gasteiger partial charge in [-0.25, -0.2) is 0 Å². The van der Waals surface area contributed by atoms with E-state index in [2.05, 4.69) is 16.0 Å². The minimum Gasteiger partial charge on any atom is -0.497 e. The molecule has 0 saturated heterocycles. The average molecular weight is 572 g/mol. The highest BCUT2D eigenvalue weighted by atomic mass is 35.5. The Morgan fingerprint density at radius 2 is 1.56 bits per heavy atom. The molecule has 9 nitrogen and oxygen atoms in total. The SMILES string of the molecule is COC[C@@H](NC(=O)c1cccc(Cl)c1)C(=O)N[C@H](C(=O)N[C@H](C(=O)C(F)(F)F)C(C)C)c1ccc(OC)cc1. The van der Waals surface area contributed by atoms with Crippen LogP contribution in [0.2, 0.25) is 5.02 Å². The normalized spacial score (nSPS) is 13.7. The third-order valence-electron chi connectivity index (χ3n) is 5.57. The molecule has 0 heterocycles. The van der Waals surface area contributed by atoms with Crippen LogP contribution in [0.4, 0.5) is 13.2 Å². The van der Waals surface area contributed by atoms with Crippen molar-refractivity contribution >= 4 is 35.1 Å². The van der Waals surface area contributed by atoms with Crippen LogP contribution in [0, 0.1) is 5.92 Å². The number of benzene rings is 2. The Labute approximate surface area is 228 Å². The fraction of sp³-hybridized carbons (Fsp3) is 0.385. The number of carbonyl (C=O) groups is 4. The van der Waals surface area contributed by atoms with Crippen molar-refractivity contribution in [1.29, 1.82) is 0 Å². The molecule has 39 heavy (non-hydrogen) atoms. The Hall–Kier alpha value is -3.64. The fourth-order valence-corrected chi connectivity index (χ4v) is 3.70. The molecule has 0 bridgehead atoms. The summed E-state index contributed by atoms with van der Waals surface area (Å²) in [6.07, 6.45) is -5.19. The van der Waals surface area contributed by atoms with Gasteiger partial charge in [0.05, 0.1) is 19.8 Å². The number of Topliss-reactive ketones (excluding diaryl/α,β-unsaturated/α-hetero) is 1. The van der Waals surface area contributed by atoms with Gasteiger partial charge < -0.3 is 25.4 Å². The van der Waals surface area contributed by atoms with Crippen LogP contribution in [-0.2, 0) is 19.1 Å². The molecule has 2 aromatic carbocycles. The zero-order valence-electron chi connectivity index (χ0n) is 21.6. The topological polar surface area (TPSA) is 123 Å². The monoisotopic (exact) mass is 571 g/mol. The second-order valence-corrected chi connectivity index (χ2v) is 9.24. The number of halogens is 4. The first-order valence-corrected chi connectivity index (χ1v) is 12.1. The van der Waals surface area contributed by atoms with Gasteiger partial charge in [0.1, 0.15) is 17.8 Å². The molecular weight excluding hydrogens is 543 g/mol. The zero-order valence-corrected chi connectivity index (χ0v) is 22.4. The van der Waals surface area contributed by atoms with E-state index in [0.29, 0.717) is 10.8 Å². The molecule has 3 amide bonds. The summed E-state index contributed by atoms with van der Waals surface area (Å²) in [7, 11) is 2.70. The lowest BCUT2D eigenvalue weighted by Crippen LogP contribution is -2.55. The maximum absolute atomic E-state index is 13.2. The van der Waals surface area contributed by atoms with Gasteiger partial charge in [-0.3, -0.25) is 19.2 Å². The van der Waals surface area contributed by atoms with Gasteiger partial charge in [0.15, 0.2) is 0 Å². The first-order chi connectivity index (χ1) is 18.3. The molecule has 0 aliphatic rings. The van der Waals surface area contributed by atoms with Crippen molar-refractivity contribution in [2.45, 2.75) is 38.1 Å². The number of ether oxygens (including phenoxy) is 2. The minimum absolute atomic E-state index is 0.159. The molecule has 0 aromatic heterocycles. The standard InChI is InChI=1S/C26H29ClF3N3O6/c1-14(2)20(22(34)26(28,29)30)32-25(37)21(15-8-10-18(39-4)11-9-15)33-24(36)19(13-38-3)31-23(35)16-6-5-7-17(27)12-16/h5-12,14,19-21H,13H2,1-4H3,(H,31,35)(H,32,37)(H,33,36)/t19-,20+,21+/m1/s1. The molecule has 0 fully saturated rings. The van der Waals surface area contributed by atoms with E-state index in [1.165, 1.54) is 64.5 Å². The fourth-order valence-electron chi connectivity index (χ4n) is 3.51. The van der Waals surface area contributed by atoms with Gasteiger partial charge in [-0.05, 0) is 41.8 Å². The predicted molar refractivity (Wildman–Crippen MR) is 136 cm³/mol. The van der Waals surface area contributed by atoms with Gasteiger partial charge in [-0.15, -0.1) is 0 Å². The summed E-state index contributed by atoms with van der Waals surface area (Å²) in [6, 6.07) is 7.05. The highest BCUT2D eigenvalue weighted by Gasteiger charge is 2.45. The molecule has 13 heteroatoms. The molecule has 0 radical (unpaired) electrons. The Morgan fingerprint density at radius 1 is 0.923 bits per heavy atom. The maximum Gasteiger partial charge on any atom is 0.452 e. The first-order valence-electron chi connectivity index (χ1n) is 11.7. The van der Waals surface area contributed by atoms with Crippen LogP contribution in [0.15, 0.2) is 48.5 Å². The Morgan fingerprint density at radius 3 is 2.08 bits per heavy atom. The lowest BCUT2D eigenvalue weighted by atomic mass is 9.97. The van der Waals surface area contributed by atoms with Crippen LogP contribution < -0.4 is 20.7 Å². The Balaban J connectivity index is 2.35. The number of nitrogens with one attached hydrogen (secondary N) is 3. The second-order valence-electron chi connectivity index (χ2n) is 8.80. The highest BCUT2D eigenvalue weighted by Crippen LogP contribution is 2.23. The van der Waals surface area contributed by atoms with Crippen molar-refractivity contribution in [3.63, 3.8) is 0 Å². The average Bonchev–Trinajstić information content (AvgIpc) is 2.88. The van der Waals surface area contributed by atoms with E-state index in [-0.39, 0.29) is 17.7 Å². The second kappa shape index (κ2) is 13.9. The van der Waals surface area contributed by atoms with Crippen molar-refractivity contribution in [2.75, 3.05) is 20.8 Å². The zero-order chi connectivity index (χ0) is 29.3. The number of hydrogen-bond acceptors (Lipinski definition) is 6. The van der Waals surface area contributed by atoms with Crippen molar-refractivity contribution in [1.82, 2.24) is 16.0 Å². The first kappa shape index (κ1) is 31.6. The smallest absolute Gasteiger partial charge is 0.452 e. The van der Waals surface area contributed by atoms with Gasteiger partial charge >= 0.3 is 6.18 Å². The van der Waals surface area contributed by atoms with Crippen molar-refractivity contribution in [3.05, 3.63) is 64.7 Å². The van der Waals surface area contributed by atoms with Crippen LogP contribution in [0.1, 0.15) is 35.8 Å². The Bertz CT molecular complexity index is 1170. The molecule has 2 rings (SSSR count). The summed E-state index contributed by atoms with van der Waals surface area (Å²) in [5.74, 6) is -5.21. The van der Waals surface area contributed by atoms with Gasteiger partial charge in [0.25, 0.3) is 11.7 Å². The van der Waals surface area contributed by atoms with E-state index in [1.807, 2.05) is 0 Å². The van der Waals surface area contributed by atoms with Crippen LogP contribution in [0.3, 0.4) is 0 Å². The number of rotatable bonds is 12. The van der Waals surface area contributed by atoms with Crippen molar-refractivity contribution in [3.8, 4) is 5.75 Å². The summed E-state index contributed by atoms with van der Waals surface area (Å²) in [5, 5.41) is 7.33. The number of amides is 3. The van der Waals surface area contributed by atoms with Crippen molar-refractivity contribution in [2.24, 2.45) is 5.92 Å². The van der Waals surface area contributed by atoms with Gasteiger partial charge in [0, 0.05) is 17.7 Å². The van der Waals surface area contributed by atoms with Crippen LogP contribution >= 0.6 is 11.6 Å². The summed E-state index contributed by atoms with van der Waals surface area (Å²) in [6.45, 7) is 2.39. The third kappa shape index (κ3) is 8.96. The molecule has 0 saturated carbocycles. The van der Waals surface area contributed by atoms with Crippen LogP contribution in [-0.4, -0.2) is 62.6 Å². The van der Waals surface area contributed by atoms with Gasteiger partial charge in [0.2, 0.25) is 11.8 Å². The minimum atomic E-state index is -5.19. The lowest BCUT2D eigenvalue weighted by molar-refractivity contribution is -0.175. The van der Waals surface area contributed by atoms with E-state index in [4.69, 9.17) is 21.1 Å².